The van der Waals surface area contributed by atoms with Crippen LogP contribution in [0, 0.1) is 0 Å². The average Bonchev–Trinajstić information content (AvgIpc) is 3.11. The Morgan fingerprint density at radius 3 is 2.70 bits per heavy atom. The maximum atomic E-state index is 12.9. The highest BCUT2D eigenvalue weighted by molar-refractivity contribution is 5.94. The number of amides is 1. The third-order valence-corrected chi connectivity index (χ3v) is 5.53. The number of nitrogens with zero attached hydrogens (tertiary/aromatic N) is 4. The van der Waals surface area contributed by atoms with Gasteiger partial charge < -0.3 is 19.8 Å². The average molecular weight is 370 g/mol. The van der Waals surface area contributed by atoms with Crippen molar-refractivity contribution >= 4 is 5.91 Å². The first-order chi connectivity index (χ1) is 13.0. The van der Waals surface area contributed by atoms with Crippen molar-refractivity contribution < 1.29 is 4.79 Å². The Kier molecular flexibility index (Phi) is 4.82. The summed E-state index contributed by atoms with van der Waals surface area (Å²) in [6.45, 7) is 7.96. The van der Waals surface area contributed by atoms with E-state index in [1.165, 1.54) is 6.07 Å². The summed E-state index contributed by atoms with van der Waals surface area (Å²) in [5.41, 5.74) is 1.05. The molecular formula is C19H26N6O2. The van der Waals surface area contributed by atoms with Gasteiger partial charge in [-0.05, 0) is 24.8 Å². The van der Waals surface area contributed by atoms with Gasteiger partial charge in [-0.1, -0.05) is 13.8 Å². The van der Waals surface area contributed by atoms with Gasteiger partial charge in [0.05, 0.1) is 6.54 Å². The number of nitrogens with one attached hydrogen (secondary N) is 2. The van der Waals surface area contributed by atoms with Crippen molar-refractivity contribution in [2.75, 3.05) is 19.6 Å². The molecule has 1 amide bonds. The summed E-state index contributed by atoms with van der Waals surface area (Å²) in [6, 6.07) is 3.21. The van der Waals surface area contributed by atoms with E-state index in [4.69, 9.17) is 0 Å². The topological polar surface area (TPSA) is 95.9 Å². The Hall–Kier alpha value is -2.48. The molecule has 0 aliphatic carbocycles. The summed E-state index contributed by atoms with van der Waals surface area (Å²) < 4.78 is 2.23. The van der Waals surface area contributed by atoms with Crippen LogP contribution < -0.4 is 10.9 Å². The standard InChI is InChI=1S/C19H26N6O2/c1-12(2)15-9-14(10-17(26)21-15)19(27)24-6-3-13(4-7-24)18-23-22-16-11-20-5-8-25(16)18/h9-10,12-13,20H,3-8,11H2,1-2H3,(H,21,26). The number of likely N-dealkylation sites (tertiary alicyclic amines) is 1. The summed E-state index contributed by atoms with van der Waals surface area (Å²) in [7, 11) is 0. The minimum atomic E-state index is -0.219. The fourth-order valence-electron chi connectivity index (χ4n) is 3.94. The number of rotatable bonds is 3. The fourth-order valence-corrected chi connectivity index (χ4v) is 3.94. The molecule has 4 rings (SSSR count). The molecule has 27 heavy (non-hydrogen) atoms. The number of aromatic nitrogens is 4. The molecule has 2 aromatic heterocycles. The second-order valence-electron chi connectivity index (χ2n) is 7.71. The summed E-state index contributed by atoms with van der Waals surface area (Å²) in [5.74, 6) is 2.49. The normalized spacial score (nSPS) is 18.0. The summed E-state index contributed by atoms with van der Waals surface area (Å²) >= 11 is 0. The smallest absolute Gasteiger partial charge is 0.254 e. The van der Waals surface area contributed by atoms with Crippen molar-refractivity contribution in [3.8, 4) is 0 Å². The second kappa shape index (κ2) is 7.26. The van der Waals surface area contributed by atoms with Gasteiger partial charge in [0, 0.05) is 49.4 Å². The highest BCUT2D eigenvalue weighted by atomic mass is 16.2. The van der Waals surface area contributed by atoms with Crippen molar-refractivity contribution in [1.82, 2.24) is 30.0 Å². The van der Waals surface area contributed by atoms with E-state index in [0.29, 0.717) is 24.6 Å². The molecule has 0 spiro atoms. The van der Waals surface area contributed by atoms with Crippen molar-refractivity contribution in [3.05, 3.63) is 45.4 Å². The first-order valence-corrected chi connectivity index (χ1v) is 9.69. The van der Waals surface area contributed by atoms with Crippen LogP contribution in [0.3, 0.4) is 0 Å². The lowest BCUT2D eigenvalue weighted by Gasteiger charge is -2.32. The lowest BCUT2D eigenvalue weighted by Crippen LogP contribution is -2.39. The molecule has 144 valence electrons. The van der Waals surface area contributed by atoms with E-state index in [9.17, 15) is 9.59 Å². The van der Waals surface area contributed by atoms with Gasteiger partial charge in [-0.3, -0.25) is 9.59 Å². The van der Waals surface area contributed by atoms with Gasteiger partial charge in [0.15, 0.2) is 0 Å². The Bertz CT molecular complexity index is 892. The SMILES string of the molecule is CC(C)c1cc(C(=O)N2CCC(c3nnc4n3CCNC4)CC2)cc(=O)[nH]1. The molecule has 2 N–H and O–H groups in total. The lowest BCUT2D eigenvalue weighted by molar-refractivity contribution is 0.0709. The predicted molar refractivity (Wildman–Crippen MR) is 101 cm³/mol. The summed E-state index contributed by atoms with van der Waals surface area (Å²) in [5, 5.41) is 12.0. The molecule has 4 heterocycles. The van der Waals surface area contributed by atoms with E-state index in [-0.39, 0.29) is 17.4 Å². The largest absolute Gasteiger partial charge is 0.339 e. The fraction of sp³-hybridized carbons (Fsp3) is 0.579. The number of carbonyl (C=O) groups is 1. The zero-order valence-corrected chi connectivity index (χ0v) is 15.9. The van der Waals surface area contributed by atoms with Crippen LogP contribution in [0.5, 0.6) is 0 Å². The highest BCUT2D eigenvalue weighted by Crippen LogP contribution is 2.28. The van der Waals surface area contributed by atoms with E-state index < -0.39 is 0 Å². The number of piperidine rings is 1. The van der Waals surface area contributed by atoms with Crippen LogP contribution >= 0.6 is 0 Å². The molecular weight excluding hydrogens is 344 g/mol. The van der Waals surface area contributed by atoms with Gasteiger partial charge in [-0.15, -0.1) is 10.2 Å². The molecule has 2 aromatic rings. The van der Waals surface area contributed by atoms with E-state index >= 15 is 0 Å². The van der Waals surface area contributed by atoms with Crippen molar-refractivity contribution in [2.45, 2.75) is 51.6 Å². The van der Waals surface area contributed by atoms with Crippen LogP contribution in [0.25, 0.3) is 0 Å². The van der Waals surface area contributed by atoms with Gasteiger partial charge in [0.1, 0.15) is 11.6 Å². The summed E-state index contributed by atoms with van der Waals surface area (Å²) in [4.78, 5) is 29.4. The van der Waals surface area contributed by atoms with E-state index in [1.54, 1.807) is 0 Å². The zero-order valence-electron chi connectivity index (χ0n) is 15.9. The Balaban J connectivity index is 1.46. The van der Waals surface area contributed by atoms with Crippen LogP contribution in [0.1, 0.15) is 66.2 Å². The monoisotopic (exact) mass is 370 g/mol. The Morgan fingerprint density at radius 2 is 1.96 bits per heavy atom. The number of aromatic amines is 1. The van der Waals surface area contributed by atoms with Gasteiger partial charge in [-0.2, -0.15) is 0 Å². The van der Waals surface area contributed by atoms with Crippen LogP contribution in [0.2, 0.25) is 0 Å². The zero-order chi connectivity index (χ0) is 19.0. The third kappa shape index (κ3) is 3.53. The first-order valence-electron chi connectivity index (χ1n) is 9.69. The molecule has 2 aliphatic heterocycles. The molecule has 8 heteroatoms. The minimum absolute atomic E-state index is 0.0612. The minimum Gasteiger partial charge on any atom is -0.339 e. The third-order valence-electron chi connectivity index (χ3n) is 5.53. The number of fused-ring (bicyclic) bond motifs is 1. The number of carbonyl (C=O) groups excluding carboxylic acids is 1. The van der Waals surface area contributed by atoms with E-state index in [2.05, 4.69) is 25.1 Å². The maximum absolute atomic E-state index is 12.9. The Morgan fingerprint density at radius 1 is 1.19 bits per heavy atom. The number of hydrogen-bond acceptors (Lipinski definition) is 5. The number of hydrogen-bond donors (Lipinski definition) is 2. The molecule has 1 saturated heterocycles. The second-order valence-corrected chi connectivity index (χ2v) is 7.71. The molecule has 0 bridgehead atoms. The van der Waals surface area contributed by atoms with Gasteiger partial charge >= 0.3 is 0 Å². The Labute approximate surface area is 158 Å². The molecule has 0 radical (unpaired) electrons. The molecule has 2 aliphatic rings. The molecule has 1 fully saturated rings. The van der Waals surface area contributed by atoms with Gasteiger partial charge in [0.2, 0.25) is 5.56 Å². The van der Waals surface area contributed by atoms with Crippen molar-refractivity contribution in [2.24, 2.45) is 0 Å². The molecule has 0 saturated carbocycles. The van der Waals surface area contributed by atoms with Gasteiger partial charge in [0.25, 0.3) is 5.91 Å². The number of pyridine rings is 1. The van der Waals surface area contributed by atoms with Crippen LogP contribution in [0.15, 0.2) is 16.9 Å². The lowest BCUT2D eigenvalue weighted by atomic mass is 9.95. The van der Waals surface area contributed by atoms with E-state index in [0.717, 1.165) is 49.8 Å². The van der Waals surface area contributed by atoms with Crippen molar-refractivity contribution in [1.29, 1.82) is 0 Å². The maximum Gasteiger partial charge on any atom is 0.254 e. The van der Waals surface area contributed by atoms with Crippen molar-refractivity contribution in [3.63, 3.8) is 0 Å². The van der Waals surface area contributed by atoms with E-state index in [1.807, 2.05) is 24.8 Å². The quantitative estimate of drug-likeness (QED) is 0.847. The molecule has 0 aromatic carbocycles. The number of H-pyrrole nitrogens is 1. The molecule has 0 unspecified atom stereocenters. The van der Waals surface area contributed by atoms with Crippen LogP contribution in [0.4, 0.5) is 0 Å². The van der Waals surface area contributed by atoms with Crippen LogP contribution in [-0.4, -0.2) is 50.2 Å². The first kappa shape index (κ1) is 17.9. The van der Waals surface area contributed by atoms with Gasteiger partial charge in [-0.25, -0.2) is 0 Å². The molecule has 8 nitrogen and oxygen atoms in total. The summed E-state index contributed by atoms with van der Waals surface area (Å²) in [6.07, 6.45) is 1.75. The highest BCUT2D eigenvalue weighted by Gasteiger charge is 2.29. The van der Waals surface area contributed by atoms with Crippen LogP contribution in [-0.2, 0) is 13.1 Å². The predicted octanol–water partition coefficient (Wildman–Crippen LogP) is 1.21. The molecule has 0 atom stereocenters.